The number of hydrogen-bond donors (Lipinski definition) is 2. The van der Waals surface area contributed by atoms with E-state index in [1.165, 1.54) is 6.07 Å². The second-order valence-electron chi connectivity index (χ2n) is 3.76. The number of aromatic amines is 1. The van der Waals surface area contributed by atoms with E-state index in [9.17, 15) is 8.78 Å². The predicted molar refractivity (Wildman–Crippen MR) is 60.5 cm³/mol. The Morgan fingerprint density at radius 2 is 2.24 bits per heavy atom. The summed E-state index contributed by atoms with van der Waals surface area (Å²) < 4.78 is 26.5. The first-order chi connectivity index (χ1) is 8.20. The van der Waals surface area contributed by atoms with E-state index in [0.717, 1.165) is 12.1 Å². The normalized spacial score (nSPS) is 12.6. The quantitative estimate of drug-likeness (QED) is 0.855. The zero-order chi connectivity index (χ0) is 12.3. The summed E-state index contributed by atoms with van der Waals surface area (Å²) >= 11 is 0. The van der Waals surface area contributed by atoms with Crippen molar-refractivity contribution in [2.45, 2.75) is 12.5 Å². The summed E-state index contributed by atoms with van der Waals surface area (Å²) in [5.41, 5.74) is 0.334. The minimum atomic E-state index is -0.435. The lowest BCUT2D eigenvalue weighted by Gasteiger charge is -2.14. The van der Waals surface area contributed by atoms with Crippen molar-refractivity contribution in [1.82, 2.24) is 15.3 Å². The van der Waals surface area contributed by atoms with E-state index in [4.69, 9.17) is 0 Å². The van der Waals surface area contributed by atoms with Crippen molar-refractivity contribution in [1.29, 1.82) is 0 Å². The van der Waals surface area contributed by atoms with Crippen LogP contribution in [0.4, 0.5) is 8.78 Å². The molecule has 0 aliphatic carbocycles. The van der Waals surface area contributed by atoms with Gasteiger partial charge in [-0.1, -0.05) is 0 Å². The Morgan fingerprint density at radius 1 is 1.41 bits per heavy atom. The molecule has 0 saturated carbocycles. The van der Waals surface area contributed by atoms with Crippen LogP contribution in [-0.4, -0.2) is 17.0 Å². The van der Waals surface area contributed by atoms with Gasteiger partial charge in [0.1, 0.15) is 17.5 Å². The van der Waals surface area contributed by atoms with Crippen molar-refractivity contribution in [3.05, 3.63) is 53.6 Å². The molecule has 1 atom stereocenters. The number of nitrogens with one attached hydrogen (secondary N) is 2. The van der Waals surface area contributed by atoms with Crippen molar-refractivity contribution < 1.29 is 8.78 Å². The molecule has 3 nitrogen and oxygen atoms in total. The maximum atomic E-state index is 13.5. The van der Waals surface area contributed by atoms with Crippen LogP contribution < -0.4 is 5.32 Å². The monoisotopic (exact) mass is 237 g/mol. The third kappa shape index (κ3) is 2.68. The molecule has 0 spiro atoms. The van der Waals surface area contributed by atoms with Crippen LogP contribution in [0.1, 0.15) is 17.4 Å². The molecule has 1 unspecified atom stereocenters. The molecule has 0 saturated heterocycles. The third-order valence-electron chi connectivity index (χ3n) is 2.63. The molecule has 17 heavy (non-hydrogen) atoms. The summed E-state index contributed by atoms with van der Waals surface area (Å²) in [6.45, 7) is 0. The van der Waals surface area contributed by atoms with Crippen LogP contribution in [0.15, 0.2) is 30.6 Å². The largest absolute Gasteiger partial charge is 0.347 e. The topological polar surface area (TPSA) is 40.7 Å². The highest BCUT2D eigenvalue weighted by molar-refractivity contribution is 5.20. The SMILES string of the molecule is CNC(Cc1cc(F)ccc1F)c1ncc[nH]1. The fourth-order valence-corrected chi connectivity index (χ4v) is 1.72. The van der Waals surface area contributed by atoms with Crippen LogP contribution in [0.2, 0.25) is 0 Å². The van der Waals surface area contributed by atoms with Crippen LogP contribution in [0, 0.1) is 11.6 Å². The second kappa shape index (κ2) is 5.05. The lowest BCUT2D eigenvalue weighted by atomic mass is 10.0. The van der Waals surface area contributed by atoms with Gasteiger partial charge in [-0.3, -0.25) is 0 Å². The van der Waals surface area contributed by atoms with Crippen molar-refractivity contribution >= 4 is 0 Å². The number of benzene rings is 1. The number of imidazole rings is 1. The highest BCUT2D eigenvalue weighted by Crippen LogP contribution is 2.18. The Labute approximate surface area is 97.9 Å². The summed E-state index contributed by atoms with van der Waals surface area (Å²) in [7, 11) is 1.75. The van der Waals surface area contributed by atoms with Gasteiger partial charge in [0.2, 0.25) is 0 Å². The standard InChI is InChI=1S/C12H13F2N3/c1-15-11(12-16-4-5-17-12)7-8-6-9(13)2-3-10(8)14/h2-6,11,15H,7H2,1H3,(H,16,17). The van der Waals surface area contributed by atoms with Gasteiger partial charge in [-0.25, -0.2) is 13.8 Å². The summed E-state index contributed by atoms with van der Waals surface area (Å²) in [5.74, 6) is -0.134. The smallest absolute Gasteiger partial charge is 0.126 e. The van der Waals surface area contributed by atoms with Gasteiger partial charge in [0.05, 0.1) is 6.04 Å². The molecule has 2 N–H and O–H groups in total. The Kier molecular flexibility index (Phi) is 3.49. The summed E-state index contributed by atoms with van der Waals surface area (Å²) in [6.07, 6.45) is 3.66. The van der Waals surface area contributed by atoms with Gasteiger partial charge in [0.25, 0.3) is 0 Å². The molecule has 2 rings (SSSR count). The zero-order valence-electron chi connectivity index (χ0n) is 9.37. The maximum absolute atomic E-state index is 13.5. The second-order valence-corrected chi connectivity index (χ2v) is 3.76. The van der Waals surface area contributed by atoms with Gasteiger partial charge in [-0.15, -0.1) is 0 Å². The van der Waals surface area contributed by atoms with E-state index < -0.39 is 11.6 Å². The summed E-state index contributed by atoms with van der Waals surface area (Å²) in [5, 5.41) is 3.02. The minimum Gasteiger partial charge on any atom is -0.347 e. The Morgan fingerprint density at radius 3 is 2.88 bits per heavy atom. The van der Waals surface area contributed by atoms with Crippen LogP contribution in [-0.2, 0) is 6.42 Å². The lowest BCUT2D eigenvalue weighted by Crippen LogP contribution is -2.20. The molecule has 0 aliphatic heterocycles. The van der Waals surface area contributed by atoms with Crippen molar-refractivity contribution in [2.75, 3.05) is 7.05 Å². The molecule has 0 bridgehead atoms. The first-order valence-corrected chi connectivity index (χ1v) is 5.31. The van der Waals surface area contributed by atoms with Gasteiger partial charge in [0, 0.05) is 12.4 Å². The first-order valence-electron chi connectivity index (χ1n) is 5.31. The Bertz CT molecular complexity index is 483. The van der Waals surface area contributed by atoms with E-state index in [-0.39, 0.29) is 6.04 Å². The fourth-order valence-electron chi connectivity index (χ4n) is 1.72. The number of aromatic nitrogens is 2. The number of likely N-dealkylation sites (N-methyl/N-ethyl adjacent to an activating group) is 1. The summed E-state index contributed by atoms with van der Waals surface area (Å²) in [6, 6.07) is 3.30. The number of H-pyrrole nitrogens is 1. The number of nitrogens with zero attached hydrogens (tertiary/aromatic N) is 1. The molecule has 0 aliphatic rings. The maximum Gasteiger partial charge on any atom is 0.126 e. The number of hydrogen-bond acceptors (Lipinski definition) is 2. The fraction of sp³-hybridized carbons (Fsp3) is 0.250. The van der Waals surface area contributed by atoms with Crippen LogP contribution in [0.25, 0.3) is 0 Å². The van der Waals surface area contributed by atoms with Crippen molar-refractivity contribution in [3.8, 4) is 0 Å². The molecule has 1 aromatic heterocycles. The van der Waals surface area contributed by atoms with E-state index in [1.54, 1.807) is 19.4 Å². The number of rotatable bonds is 4. The minimum absolute atomic E-state index is 0.165. The lowest BCUT2D eigenvalue weighted by molar-refractivity contribution is 0.529. The molecular formula is C12H13F2N3. The average Bonchev–Trinajstić information content (AvgIpc) is 2.84. The van der Waals surface area contributed by atoms with Crippen LogP contribution in [0.3, 0.4) is 0 Å². The van der Waals surface area contributed by atoms with Gasteiger partial charge >= 0.3 is 0 Å². The van der Waals surface area contributed by atoms with E-state index in [2.05, 4.69) is 15.3 Å². The first kappa shape index (κ1) is 11.7. The van der Waals surface area contributed by atoms with E-state index >= 15 is 0 Å². The highest BCUT2D eigenvalue weighted by Gasteiger charge is 2.15. The van der Waals surface area contributed by atoms with Gasteiger partial charge in [-0.2, -0.15) is 0 Å². The Balaban J connectivity index is 2.21. The zero-order valence-corrected chi connectivity index (χ0v) is 9.37. The third-order valence-corrected chi connectivity index (χ3v) is 2.63. The predicted octanol–water partition coefficient (Wildman–Crippen LogP) is 2.19. The van der Waals surface area contributed by atoms with Crippen molar-refractivity contribution in [3.63, 3.8) is 0 Å². The van der Waals surface area contributed by atoms with Gasteiger partial charge in [-0.05, 0) is 37.2 Å². The van der Waals surface area contributed by atoms with Crippen LogP contribution >= 0.6 is 0 Å². The van der Waals surface area contributed by atoms with E-state index in [1.807, 2.05) is 0 Å². The Hall–Kier alpha value is -1.75. The molecule has 1 heterocycles. The molecule has 0 radical (unpaired) electrons. The van der Waals surface area contributed by atoms with E-state index in [0.29, 0.717) is 17.8 Å². The molecule has 0 fully saturated rings. The highest BCUT2D eigenvalue weighted by atomic mass is 19.1. The number of halogens is 2. The van der Waals surface area contributed by atoms with Crippen molar-refractivity contribution in [2.24, 2.45) is 0 Å². The van der Waals surface area contributed by atoms with Gasteiger partial charge < -0.3 is 10.3 Å². The molecule has 5 heteroatoms. The molecule has 90 valence electrons. The summed E-state index contributed by atoms with van der Waals surface area (Å²) in [4.78, 5) is 7.05. The van der Waals surface area contributed by atoms with Crippen LogP contribution in [0.5, 0.6) is 0 Å². The molecule has 2 aromatic rings. The van der Waals surface area contributed by atoms with Gasteiger partial charge in [0.15, 0.2) is 0 Å². The molecule has 0 amide bonds. The molecule has 1 aromatic carbocycles. The molecular weight excluding hydrogens is 224 g/mol. The average molecular weight is 237 g/mol.